The minimum absolute atomic E-state index is 0.0930. The van der Waals surface area contributed by atoms with Gasteiger partial charge in [0.1, 0.15) is 5.76 Å². The van der Waals surface area contributed by atoms with Crippen LogP contribution in [0.3, 0.4) is 0 Å². The lowest BCUT2D eigenvalue weighted by molar-refractivity contribution is -0.122. The number of nitrogens with zero attached hydrogens (tertiary/aromatic N) is 1. The van der Waals surface area contributed by atoms with Gasteiger partial charge in [0, 0.05) is 20.6 Å². The summed E-state index contributed by atoms with van der Waals surface area (Å²) >= 11 is 0. The maximum atomic E-state index is 11.9. The van der Waals surface area contributed by atoms with E-state index in [0.29, 0.717) is 12.3 Å². The second-order valence-corrected chi connectivity index (χ2v) is 6.98. The standard InChI is InChI=1S/C13H23N3O4S/c1-5-8-14-13(17)10(2)15-9-11-6-7-12(20-11)21(18,19)16(3)4/h6-7,10,15H,5,8-9H2,1-4H3,(H,14,17). The van der Waals surface area contributed by atoms with Crippen molar-refractivity contribution in [2.75, 3.05) is 20.6 Å². The third-order valence-corrected chi connectivity index (χ3v) is 4.59. The molecule has 1 rings (SSSR count). The average molecular weight is 317 g/mol. The quantitative estimate of drug-likeness (QED) is 0.730. The molecule has 1 aromatic heterocycles. The molecule has 0 aromatic carbocycles. The highest BCUT2D eigenvalue weighted by Gasteiger charge is 2.21. The fourth-order valence-electron chi connectivity index (χ4n) is 1.52. The normalized spacial score (nSPS) is 13.4. The van der Waals surface area contributed by atoms with E-state index in [9.17, 15) is 13.2 Å². The number of furan rings is 1. The van der Waals surface area contributed by atoms with Crippen molar-refractivity contribution in [2.24, 2.45) is 0 Å². The monoisotopic (exact) mass is 317 g/mol. The number of carbonyl (C=O) groups is 1. The zero-order valence-electron chi connectivity index (χ0n) is 12.8. The number of nitrogens with one attached hydrogen (secondary N) is 2. The SMILES string of the molecule is CCCNC(=O)C(C)NCc1ccc(S(=O)(=O)N(C)C)o1. The van der Waals surface area contributed by atoms with E-state index >= 15 is 0 Å². The minimum Gasteiger partial charge on any atom is -0.447 e. The molecule has 0 aliphatic carbocycles. The summed E-state index contributed by atoms with van der Waals surface area (Å²) < 4.78 is 30.1. The molecule has 0 spiro atoms. The summed E-state index contributed by atoms with van der Waals surface area (Å²) in [6.07, 6.45) is 0.877. The van der Waals surface area contributed by atoms with Crippen molar-refractivity contribution in [1.82, 2.24) is 14.9 Å². The van der Waals surface area contributed by atoms with Gasteiger partial charge in [-0.3, -0.25) is 10.1 Å². The van der Waals surface area contributed by atoms with Gasteiger partial charge in [0.25, 0.3) is 10.0 Å². The van der Waals surface area contributed by atoms with Gasteiger partial charge in [-0.2, -0.15) is 0 Å². The van der Waals surface area contributed by atoms with Crippen molar-refractivity contribution in [3.05, 3.63) is 17.9 Å². The fraction of sp³-hybridized carbons (Fsp3) is 0.615. The third-order valence-electron chi connectivity index (χ3n) is 2.90. The van der Waals surface area contributed by atoms with Gasteiger partial charge in [-0.1, -0.05) is 6.92 Å². The van der Waals surface area contributed by atoms with Crippen LogP contribution >= 0.6 is 0 Å². The maximum Gasteiger partial charge on any atom is 0.275 e. The molecular weight excluding hydrogens is 294 g/mol. The van der Waals surface area contributed by atoms with Crippen LogP contribution in [0, 0.1) is 0 Å². The first-order valence-corrected chi connectivity index (χ1v) is 8.25. The van der Waals surface area contributed by atoms with Crippen molar-refractivity contribution in [2.45, 2.75) is 37.9 Å². The van der Waals surface area contributed by atoms with Crippen molar-refractivity contribution in [3.63, 3.8) is 0 Å². The molecule has 0 aliphatic heterocycles. The molecule has 0 fully saturated rings. The fourth-order valence-corrected chi connectivity index (χ4v) is 2.33. The van der Waals surface area contributed by atoms with Crippen LogP contribution in [0.15, 0.2) is 21.6 Å². The van der Waals surface area contributed by atoms with Gasteiger partial charge in [0.05, 0.1) is 12.6 Å². The van der Waals surface area contributed by atoms with Crippen LogP contribution in [0.4, 0.5) is 0 Å². The van der Waals surface area contributed by atoms with Crippen LogP contribution in [-0.4, -0.2) is 45.3 Å². The van der Waals surface area contributed by atoms with Gasteiger partial charge in [0.15, 0.2) is 0 Å². The molecule has 1 amide bonds. The molecule has 8 heteroatoms. The van der Waals surface area contributed by atoms with Crippen LogP contribution in [0.1, 0.15) is 26.0 Å². The summed E-state index contributed by atoms with van der Waals surface area (Å²) in [4.78, 5) is 11.7. The first-order chi connectivity index (χ1) is 9.78. The molecule has 21 heavy (non-hydrogen) atoms. The van der Waals surface area contributed by atoms with E-state index in [-0.39, 0.29) is 23.6 Å². The summed E-state index contributed by atoms with van der Waals surface area (Å²) in [5.74, 6) is 0.370. The highest BCUT2D eigenvalue weighted by atomic mass is 32.2. The average Bonchev–Trinajstić information content (AvgIpc) is 2.91. The van der Waals surface area contributed by atoms with Crippen LogP contribution < -0.4 is 10.6 Å². The van der Waals surface area contributed by atoms with E-state index in [1.807, 2.05) is 6.92 Å². The van der Waals surface area contributed by atoms with E-state index in [0.717, 1.165) is 10.7 Å². The Balaban J connectivity index is 2.58. The lowest BCUT2D eigenvalue weighted by atomic mass is 10.3. The Morgan fingerprint density at radius 1 is 1.38 bits per heavy atom. The van der Waals surface area contributed by atoms with E-state index in [2.05, 4.69) is 10.6 Å². The number of carbonyl (C=O) groups excluding carboxylic acids is 1. The van der Waals surface area contributed by atoms with Gasteiger partial charge in [-0.05, 0) is 25.5 Å². The van der Waals surface area contributed by atoms with Crippen molar-refractivity contribution in [3.8, 4) is 0 Å². The second kappa shape index (κ2) is 7.58. The zero-order valence-corrected chi connectivity index (χ0v) is 13.7. The van der Waals surface area contributed by atoms with Gasteiger partial charge in [0.2, 0.25) is 11.0 Å². The largest absolute Gasteiger partial charge is 0.447 e. The number of sulfonamides is 1. The summed E-state index contributed by atoms with van der Waals surface area (Å²) in [6, 6.07) is 2.62. The van der Waals surface area contributed by atoms with Crippen LogP contribution in [0.2, 0.25) is 0 Å². The molecule has 7 nitrogen and oxygen atoms in total. The Kier molecular flexibility index (Phi) is 6.38. The Morgan fingerprint density at radius 3 is 2.62 bits per heavy atom. The first kappa shape index (κ1) is 17.7. The predicted molar refractivity (Wildman–Crippen MR) is 79.2 cm³/mol. The Labute approximate surface area is 125 Å². The summed E-state index contributed by atoms with van der Waals surface area (Å²) in [5, 5.41) is 5.66. The summed E-state index contributed by atoms with van der Waals surface area (Å²) in [5.41, 5.74) is 0. The number of amides is 1. The smallest absolute Gasteiger partial charge is 0.275 e. The number of hydrogen-bond acceptors (Lipinski definition) is 5. The van der Waals surface area contributed by atoms with E-state index in [1.54, 1.807) is 13.0 Å². The number of rotatable bonds is 8. The zero-order chi connectivity index (χ0) is 16.0. The second-order valence-electron chi connectivity index (χ2n) is 4.90. The Hall–Kier alpha value is -1.38. The summed E-state index contributed by atoms with van der Waals surface area (Å²) in [6.45, 7) is 4.64. The molecule has 120 valence electrons. The summed E-state index contributed by atoms with van der Waals surface area (Å²) in [7, 11) is -0.683. The van der Waals surface area contributed by atoms with Crippen LogP contribution in [-0.2, 0) is 21.4 Å². The van der Waals surface area contributed by atoms with Crippen LogP contribution in [0.5, 0.6) is 0 Å². The van der Waals surface area contributed by atoms with Gasteiger partial charge >= 0.3 is 0 Å². The molecule has 0 saturated heterocycles. The molecule has 0 radical (unpaired) electrons. The molecule has 0 aliphatic rings. The molecule has 0 saturated carbocycles. The van der Waals surface area contributed by atoms with Gasteiger partial charge in [-0.15, -0.1) is 0 Å². The molecule has 2 N–H and O–H groups in total. The van der Waals surface area contributed by atoms with E-state index in [4.69, 9.17) is 4.42 Å². The number of hydrogen-bond donors (Lipinski definition) is 2. The molecule has 1 heterocycles. The van der Waals surface area contributed by atoms with E-state index in [1.165, 1.54) is 20.2 Å². The third kappa shape index (κ3) is 4.83. The lowest BCUT2D eigenvalue weighted by Crippen LogP contribution is -2.42. The molecule has 1 unspecified atom stereocenters. The topological polar surface area (TPSA) is 91.7 Å². The Bertz CT molecular complexity index is 566. The van der Waals surface area contributed by atoms with Gasteiger partial charge < -0.3 is 9.73 Å². The highest BCUT2D eigenvalue weighted by molar-refractivity contribution is 7.88. The van der Waals surface area contributed by atoms with Gasteiger partial charge in [-0.25, -0.2) is 12.7 Å². The minimum atomic E-state index is -3.56. The van der Waals surface area contributed by atoms with Crippen molar-refractivity contribution in [1.29, 1.82) is 0 Å². The Morgan fingerprint density at radius 2 is 2.05 bits per heavy atom. The molecule has 0 bridgehead atoms. The first-order valence-electron chi connectivity index (χ1n) is 6.81. The lowest BCUT2D eigenvalue weighted by Gasteiger charge is -2.12. The molecule has 1 atom stereocenters. The predicted octanol–water partition coefficient (Wildman–Crippen LogP) is 0.534. The van der Waals surface area contributed by atoms with E-state index < -0.39 is 10.0 Å². The highest BCUT2D eigenvalue weighted by Crippen LogP contribution is 2.16. The molecular formula is C13H23N3O4S. The van der Waals surface area contributed by atoms with Crippen molar-refractivity contribution >= 4 is 15.9 Å². The molecule has 1 aromatic rings. The van der Waals surface area contributed by atoms with Crippen LogP contribution in [0.25, 0.3) is 0 Å². The van der Waals surface area contributed by atoms with Crippen molar-refractivity contribution < 1.29 is 17.6 Å². The maximum absolute atomic E-state index is 11.9.